The number of morpholine rings is 1. The molecule has 2 rings (SSSR count). The van der Waals surface area contributed by atoms with Crippen LogP contribution in [0.2, 0.25) is 0 Å². The Hall–Kier alpha value is -1.39. The number of hydrogen-bond acceptors (Lipinski definition) is 3. The van der Waals surface area contributed by atoms with Gasteiger partial charge in [0.15, 0.2) is 0 Å². The SMILES string of the molecule is C=C.C=C/C(=C\C)CCN1CCC2(CC1)CNC(=O)C(C)O2. The molecule has 2 fully saturated rings. The summed E-state index contributed by atoms with van der Waals surface area (Å²) in [6.45, 7) is 17.5. The molecule has 0 aromatic rings. The van der Waals surface area contributed by atoms with Gasteiger partial charge in [0, 0.05) is 26.2 Å². The molecule has 1 atom stereocenters. The van der Waals surface area contributed by atoms with E-state index in [1.807, 2.05) is 13.0 Å². The number of carbonyl (C=O) groups excluding carboxylic acids is 1. The number of ether oxygens (including phenoxy) is 1. The van der Waals surface area contributed by atoms with Crippen LogP contribution in [-0.2, 0) is 9.53 Å². The molecule has 22 heavy (non-hydrogen) atoms. The van der Waals surface area contributed by atoms with Crippen LogP contribution in [0.15, 0.2) is 37.5 Å². The number of amides is 1. The number of allylic oxidation sites excluding steroid dienone is 2. The topological polar surface area (TPSA) is 41.6 Å². The smallest absolute Gasteiger partial charge is 0.248 e. The Morgan fingerprint density at radius 1 is 1.45 bits per heavy atom. The summed E-state index contributed by atoms with van der Waals surface area (Å²) in [5.74, 6) is 0.0155. The Morgan fingerprint density at radius 3 is 2.59 bits per heavy atom. The molecule has 1 unspecified atom stereocenters. The van der Waals surface area contributed by atoms with E-state index in [-0.39, 0.29) is 17.6 Å². The minimum absolute atomic E-state index is 0.0155. The Balaban J connectivity index is 0.00000116. The monoisotopic (exact) mass is 306 g/mol. The first-order chi connectivity index (χ1) is 10.6. The van der Waals surface area contributed by atoms with Gasteiger partial charge in [0.25, 0.3) is 0 Å². The highest BCUT2D eigenvalue weighted by Crippen LogP contribution is 2.29. The number of carbonyl (C=O) groups is 1. The summed E-state index contributed by atoms with van der Waals surface area (Å²) in [5.41, 5.74) is 1.17. The summed E-state index contributed by atoms with van der Waals surface area (Å²) < 4.78 is 5.98. The lowest BCUT2D eigenvalue weighted by Crippen LogP contribution is -2.60. The molecule has 4 heteroatoms. The zero-order chi connectivity index (χ0) is 16.6. The molecule has 4 nitrogen and oxygen atoms in total. The van der Waals surface area contributed by atoms with Gasteiger partial charge in [-0.25, -0.2) is 0 Å². The van der Waals surface area contributed by atoms with Crippen molar-refractivity contribution in [3.8, 4) is 0 Å². The van der Waals surface area contributed by atoms with Crippen LogP contribution in [0.25, 0.3) is 0 Å². The van der Waals surface area contributed by atoms with Crippen LogP contribution in [0.3, 0.4) is 0 Å². The number of piperidine rings is 1. The van der Waals surface area contributed by atoms with E-state index in [0.29, 0.717) is 6.54 Å². The summed E-state index contributed by atoms with van der Waals surface area (Å²) in [6, 6.07) is 0. The molecular formula is C18H30N2O2. The summed E-state index contributed by atoms with van der Waals surface area (Å²) in [5, 5.41) is 2.97. The van der Waals surface area contributed by atoms with Crippen LogP contribution in [0, 0.1) is 0 Å². The van der Waals surface area contributed by atoms with Crippen molar-refractivity contribution in [2.75, 3.05) is 26.2 Å². The fourth-order valence-electron chi connectivity index (χ4n) is 2.99. The predicted molar refractivity (Wildman–Crippen MR) is 91.8 cm³/mol. The van der Waals surface area contributed by atoms with Gasteiger partial charge in [-0.3, -0.25) is 4.79 Å². The molecule has 0 radical (unpaired) electrons. The highest BCUT2D eigenvalue weighted by molar-refractivity contribution is 5.81. The van der Waals surface area contributed by atoms with Gasteiger partial charge in [-0.2, -0.15) is 0 Å². The lowest BCUT2D eigenvalue weighted by Gasteiger charge is -2.45. The maximum absolute atomic E-state index is 11.5. The predicted octanol–water partition coefficient (Wildman–Crippen LogP) is 2.68. The summed E-state index contributed by atoms with van der Waals surface area (Å²) in [7, 11) is 0. The van der Waals surface area contributed by atoms with E-state index in [4.69, 9.17) is 4.74 Å². The summed E-state index contributed by atoms with van der Waals surface area (Å²) >= 11 is 0. The van der Waals surface area contributed by atoms with Crippen LogP contribution in [-0.4, -0.2) is 48.7 Å². The number of likely N-dealkylation sites (tertiary alicyclic amines) is 1. The Bertz CT molecular complexity index is 409. The van der Waals surface area contributed by atoms with Crippen molar-refractivity contribution in [3.63, 3.8) is 0 Å². The van der Waals surface area contributed by atoms with E-state index in [1.54, 1.807) is 0 Å². The molecule has 0 aromatic carbocycles. The Labute approximate surface area is 134 Å². The molecule has 0 aromatic heterocycles. The fourth-order valence-corrected chi connectivity index (χ4v) is 2.99. The third-order valence-corrected chi connectivity index (χ3v) is 4.50. The van der Waals surface area contributed by atoms with E-state index in [9.17, 15) is 4.79 Å². The zero-order valence-electron chi connectivity index (χ0n) is 14.1. The molecule has 0 saturated carbocycles. The quantitative estimate of drug-likeness (QED) is 0.641. The molecule has 2 aliphatic heterocycles. The number of rotatable bonds is 4. The normalized spacial score (nSPS) is 25.1. The number of nitrogens with zero attached hydrogens (tertiary/aromatic N) is 1. The fraction of sp³-hybridized carbons (Fsp3) is 0.611. The van der Waals surface area contributed by atoms with E-state index < -0.39 is 0 Å². The Kier molecular flexibility index (Phi) is 7.56. The van der Waals surface area contributed by atoms with Gasteiger partial charge in [-0.15, -0.1) is 13.2 Å². The van der Waals surface area contributed by atoms with E-state index >= 15 is 0 Å². The minimum atomic E-state index is -0.314. The molecule has 2 saturated heterocycles. The lowest BCUT2D eigenvalue weighted by molar-refractivity contribution is -0.167. The summed E-state index contributed by atoms with van der Waals surface area (Å²) in [6.07, 6.45) is 6.80. The Morgan fingerprint density at radius 2 is 2.09 bits per heavy atom. The van der Waals surface area contributed by atoms with Crippen molar-refractivity contribution in [3.05, 3.63) is 37.5 Å². The van der Waals surface area contributed by atoms with Crippen molar-refractivity contribution >= 4 is 5.91 Å². The van der Waals surface area contributed by atoms with E-state index in [2.05, 4.69) is 43.0 Å². The van der Waals surface area contributed by atoms with Crippen LogP contribution in [0.4, 0.5) is 0 Å². The molecule has 0 bridgehead atoms. The van der Waals surface area contributed by atoms with E-state index in [1.165, 1.54) is 5.57 Å². The maximum Gasteiger partial charge on any atom is 0.248 e. The summed E-state index contributed by atoms with van der Waals surface area (Å²) in [4.78, 5) is 13.9. The number of nitrogens with one attached hydrogen (secondary N) is 1. The molecule has 2 aliphatic rings. The number of hydrogen-bond donors (Lipinski definition) is 1. The van der Waals surface area contributed by atoms with Crippen LogP contribution in [0.1, 0.15) is 33.1 Å². The largest absolute Gasteiger partial charge is 0.360 e. The first-order valence-electron chi connectivity index (χ1n) is 8.04. The second kappa shape index (κ2) is 8.91. The van der Waals surface area contributed by atoms with Crippen molar-refractivity contribution in [2.45, 2.75) is 44.8 Å². The highest BCUT2D eigenvalue weighted by Gasteiger charge is 2.41. The van der Waals surface area contributed by atoms with Gasteiger partial charge < -0.3 is 15.0 Å². The average molecular weight is 306 g/mol. The van der Waals surface area contributed by atoms with Crippen molar-refractivity contribution in [2.24, 2.45) is 0 Å². The second-order valence-electron chi connectivity index (χ2n) is 5.82. The molecule has 1 N–H and O–H groups in total. The lowest BCUT2D eigenvalue weighted by atomic mass is 9.89. The molecular weight excluding hydrogens is 276 g/mol. The van der Waals surface area contributed by atoms with Gasteiger partial charge >= 0.3 is 0 Å². The van der Waals surface area contributed by atoms with E-state index in [0.717, 1.165) is 38.9 Å². The second-order valence-corrected chi connectivity index (χ2v) is 5.82. The van der Waals surface area contributed by atoms with Gasteiger partial charge in [0.1, 0.15) is 6.10 Å². The van der Waals surface area contributed by atoms with Crippen LogP contribution >= 0.6 is 0 Å². The van der Waals surface area contributed by atoms with Crippen LogP contribution < -0.4 is 5.32 Å². The van der Waals surface area contributed by atoms with Gasteiger partial charge in [-0.05, 0) is 33.1 Å². The van der Waals surface area contributed by atoms with Crippen molar-refractivity contribution in [1.29, 1.82) is 0 Å². The first kappa shape index (κ1) is 18.7. The standard InChI is InChI=1S/C16H26N2O2.C2H4/c1-4-14(5-2)6-9-18-10-7-16(8-11-18)12-17-15(19)13(3)20-16;1-2/h4-5,13H,1,6-12H2,2-3H3,(H,17,19);1-2H2/b14-5+;. The first-order valence-corrected chi connectivity index (χ1v) is 8.04. The molecule has 1 amide bonds. The molecule has 124 valence electrons. The highest BCUT2D eigenvalue weighted by atomic mass is 16.5. The third-order valence-electron chi connectivity index (χ3n) is 4.50. The molecule has 2 heterocycles. The van der Waals surface area contributed by atoms with Crippen molar-refractivity contribution in [1.82, 2.24) is 10.2 Å². The maximum atomic E-state index is 11.5. The van der Waals surface area contributed by atoms with Gasteiger partial charge in [-0.1, -0.05) is 24.3 Å². The van der Waals surface area contributed by atoms with Gasteiger partial charge in [0.2, 0.25) is 5.91 Å². The van der Waals surface area contributed by atoms with Crippen LogP contribution in [0.5, 0.6) is 0 Å². The van der Waals surface area contributed by atoms with Gasteiger partial charge in [0.05, 0.1) is 5.60 Å². The zero-order valence-corrected chi connectivity index (χ0v) is 14.1. The third kappa shape index (κ3) is 4.82. The van der Waals surface area contributed by atoms with Crippen molar-refractivity contribution < 1.29 is 9.53 Å². The average Bonchev–Trinajstić information content (AvgIpc) is 2.56. The minimum Gasteiger partial charge on any atom is -0.360 e. The molecule has 0 aliphatic carbocycles. The molecule has 1 spiro atoms.